The molecule has 3 rings (SSSR count). The molecule has 1 aromatic rings. The monoisotopic (exact) mass is 325 g/mol. The van der Waals surface area contributed by atoms with Crippen LogP contribution in [0.4, 0.5) is 5.69 Å². The Morgan fingerprint density at radius 3 is 2.32 bits per heavy atom. The molecule has 8 heteroatoms. The van der Waals surface area contributed by atoms with Crippen LogP contribution >= 0.6 is 0 Å². The lowest BCUT2D eigenvalue weighted by atomic mass is 10.1. The maximum Gasteiger partial charge on any atom is 0.269 e. The predicted octanol–water partition coefficient (Wildman–Crippen LogP) is 1.50. The van der Waals surface area contributed by atoms with E-state index in [1.54, 1.807) is 4.31 Å². The molecular weight excluding hydrogens is 306 g/mol. The van der Waals surface area contributed by atoms with Crippen molar-refractivity contribution in [3.63, 3.8) is 0 Å². The Hall–Kier alpha value is -1.51. The van der Waals surface area contributed by atoms with Crippen molar-refractivity contribution in [2.75, 3.05) is 13.1 Å². The number of sulfonamides is 1. The van der Waals surface area contributed by atoms with E-state index in [0.717, 1.165) is 32.2 Å². The molecule has 1 heterocycles. The van der Waals surface area contributed by atoms with Crippen LogP contribution < -0.4 is 5.32 Å². The van der Waals surface area contributed by atoms with Crippen molar-refractivity contribution >= 4 is 15.7 Å². The molecule has 1 unspecified atom stereocenters. The molecule has 1 saturated carbocycles. The molecule has 1 aromatic carbocycles. The summed E-state index contributed by atoms with van der Waals surface area (Å²) in [4.78, 5) is 10.3. The Kier molecular flexibility index (Phi) is 4.16. The zero-order valence-corrected chi connectivity index (χ0v) is 13.0. The van der Waals surface area contributed by atoms with E-state index >= 15 is 0 Å². The normalized spacial score (nSPS) is 22.7. The third-order valence-corrected chi connectivity index (χ3v) is 6.18. The highest BCUT2D eigenvalue weighted by Gasteiger charge is 2.42. The van der Waals surface area contributed by atoms with Crippen molar-refractivity contribution < 1.29 is 13.3 Å². The molecule has 1 aliphatic carbocycles. The smallest absolute Gasteiger partial charge is 0.269 e. The molecule has 1 atom stereocenters. The Bertz CT molecular complexity index is 649. The number of rotatable bonds is 5. The Morgan fingerprint density at radius 2 is 1.82 bits per heavy atom. The van der Waals surface area contributed by atoms with Crippen LogP contribution in [0.3, 0.4) is 0 Å². The molecule has 1 aliphatic heterocycles. The van der Waals surface area contributed by atoms with Crippen LogP contribution in [-0.4, -0.2) is 42.8 Å². The van der Waals surface area contributed by atoms with Gasteiger partial charge in [0.2, 0.25) is 10.0 Å². The minimum Gasteiger partial charge on any atom is -0.315 e. The van der Waals surface area contributed by atoms with Gasteiger partial charge in [-0.05, 0) is 44.4 Å². The Balaban J connectivity index is 1.89. The number of nitrogens with zero attached hydrogens (tertiary/aromatic N) is 2. The second kappa shape index (κ2) is 5.94. The number of nitrogens with one attached hydrogen (secondary N) is 1. The van der Waals surface area contributed by atoms with Crippen molar-refractivity contribution in [2.24, 2.45) is 0 Å². The van der Waals surface area contributed by atoms with Gasteiger partial charge in [0.1, 0.15) is 0 Å². The van der Waals surface area contributed by atoms with Crippen LogP contribution in [0.25, 0.3) is 0 Å². The molecule has 0 amide bonds. The molecule has 0 aromatic heterocycles. The van der Waals surface area contributed by atoms with E-state index in [1.165, 1.54) is 24.3 Å². The summed E-state index contributed by atoms with van der Waals surface area (Å²) in [5.41, 5.74) is -0.101. The third kappa shape index (κ3) is 2.99. The second-order valence-electron chi connectivity index (χ2n) is 5.82. The summed E-state index contributed by atoms with van der Waals surface area (Å²) in [5.74, 6) is 0. The van der Waals surface area contributed by atoms with E-state index < -0.39 is 14.9 Å². The molecule has 0 spiro atoms. The fourth-order valence-electron chi connectivity index (χ4n) is 2.93. The highest BCUT2D eigenvalue weighted by Crippen LogP contribution is 2.35. The second-order valence-corrected chi connectivity index (χ2v) is 7.66. The molecular formula is C14H19N3O4S. The SMILES string of the molecule is O=[N+]([O-])c1ccc(S(=O)(=O)N(C2CC2)C2CCCNC2)cc1. The van der Waals surface area contributed by atoms with Gasteiger partial charge in [-0.1, -0.05) is 0 Å². The Morgan fingerprint density at radius 1 is 1.14 bits per heavy atom. The lowest BCUT2D eigenvalue weighted by molar-refractivity contribution is -0.384. The fraction of sp³-hybridized carbons (Fsp3) is 0.571. The van der Waals surface area contributed by atoms with E-state index in [2.05, 4.69) is 5.32 Å². The van der Waals surface area contributed by atoms with Gasteiger partial charge in [0, 0.05) is 30.8 Å². The number of hydrogen-bond donors (Lipinski definition) is 1. The van der Waals surface area contributed by atoms with Gasteiger partial charge in [-0.15, -0.1) is 0 Å². The third-order valence-electron chi connectivity index (χ3n) is 4.16. The average Bonchev–Trinajstić information content (AvgIpc) is 3.33. The summed E-state index contributed by atoms with van der Waals surface area (Å²) >= 11 is 0. The van der Waals surface area contributed by atoms with E-state index in [-0.39, 0.29) is 22.7 Å². The minimum atomic E-state index is -3.61. The predicted molar refractivity (Wildman–Crippen MR) is 81.0 cm³/mol. The largest absolute Gasteiger partial charge is 0.315 e. The summed E-state index contributed by atoms with van der Waals surface area (Å²) in [6.07, 6.45) is 3.60. The van der Waals surface area contributed by atoms with Crippen molar-refractivity contribution in [1.29, 1.82) is 0 Å². The van der Waals surface area contributed by atoms with Gasteiger partial charge >= 0.3 is 0 Å². The van der Waals surface area contributed by atoms with Gasteiger partial charge in [-0.3, -0.25) is 10.1 Å². The molecule has 2 aliphatic rings. The van der Waals surface area contributed by atoms with Crippen molar-refractivity contribution in [3.8, 4) is 0 Å². The van der Waals surface area contributed by atoms with E-state index in [1.807, 2.05) is 0 Å². The van der Waals surface area contributed by atoms with Crippen LogP contribution in [-0.2, 0) is 10.0 Å². The zero-order valence-electron chi connectivity index (χ0n) is 12.1. The number of benzene rings is 1. The molecule has 2 fully saturated rings. The van der Waals surface area contributed by atoms with Crippen molar-refractivity contribution in [2.45, 2.75) is 42.7 Å². The number of non-ortho nitro benzene ring substituents is 1. The van der Waals surface area contributed by atoms with Crippen molar-refractivity contribution in [1.82, 2.24) is 9.62 Å². The first-order valence-corrected chi connectivity index (χ1v) is 8.93. The maximum atomic E-state index is 12.9. The number of hydrogen-bond acceptors (Lipinski definition) is 5. The molecule has 120 valence electrons. The van der Waals surface area contributed by atoms with Gasteiger partial charge in [0.15, 0.2) is 0 Å². The van der Waals surface area contributed by atoms with Gasteiger partial charge in [0.25, 0.3) is 5.69 Å². The van der Waals surface area contributed by atoms with Gasteiger partial charge in [-0.25, -0.2) is 8.42 Å². The molecule has 1 N–H and O–H groups in total. The van der Waals surface area contributed by atoms with E-state index in [4.69, 9.17) is 0 Å². The first-order valence-electron chi connectivity index (χ1n) is 7.49. The molecule has 1 saturated heterocycles. The average molecular weight is 325 g/mol. The van der Waals surface area contributed by atoms with Crippen LogP contribution in [0.1, 0.15) is 25.7 Å². The summed E-state index contributed by atoms with van der Waals surface area (Å²) in [5, 5.41) is 13.9. The fourth-order valence-corrected chi connectivity index (χ4v) is 4.83. The topological polar surface area (TPSA) is 92.5 Å². The first-order chi connectivity index (χ1) is 10.5. The zero-order chi connectivity index (χ0) is 15.7. The van der Waals surface area contributed by atoms with Crippen molar-refractivity contribution in [3.05, 3.63) is 34.4 Å². The minimum absolute atomic E-state index is 0.0264. The summed E-state index contributed by atoms with van der Waals surface area (Å²) in [7, 11) is -3.61. The molecule has 22 heavy (non-hydrogen) atoms. The molecule has 0 bridgehead atoms. The van der Waals surface area contributed by atoms with E-state index in [0.29, 0.717) is 6.54 Å². The summed E-state index contributed by atoms with van der Waals surface area (Å²) in [6, 6.07) is 5.21. The molecule has 0 radical (unpaired) electrons. The van der Waals surface area contributed by atoms with Crippen LogP contribution in [0.5, 0.6) is 0 Å². The number of nitro groups is 1. The van der Waals surface area contributed by atoms with Gasteiger partial charge in [0.05, 0.1) is 9.82 Å². The summed E-state index contributed by atoms with van der Waals surface area (Å²) in [6.45, 7) is 1.59. The number of piperidine rings is 1. The Labute approximate surface area is 129 Å². The standard InChI is InChI=1S/C14H19N3O4S/c18-17(19)12-5-7-14(8-6-12)22(20,21)16(11-3-4-11)13-2-1-9-15-10-13/h5-8,11,13,15H,1-4,9-10H2. The first kappa shape index (κ1) is 15.4. The molecule has 7 nitrogen and oxygen atoms in total. The van der Waals surface area contributed by atoms with Gasteiger partial charge in [-0.2, -0.15) is 4.31 Å². The lowest BCUT2D eigenvalue weighted by Gasteiger charge is -2.33. The highest BCUT2D eigenvalue weighted by molar-refractivity contribution is 7.89. The van der Waals surface area contributed by atoms with E-state index in [9.17, 15) is 18.5 Å². The summed E-state index contributed by atoms with van der Waals surface area (Å²) < 4.78 is 27.5. The van der Waals surface area contributed by atoms with Crippen LogP contribution in [0, 0.1) is 10.1 Å². The van der Waals surface area contributed by atoms with Gasteiger partial charge < -0.3 is 5.32 Å². The maximum absolute atomic E-state index is 12.9. The van der Waals surface area contributed by atoms with Crippen LogP contribution in [0.15, 0.2) is 29.2 Å². The van der Waals surface area contributed by atoms with Crippen LogP contribution in [0.2, 0.25) is 0 Å². The highest BCUT2D eigenvalue weighted by atomic mass is 32.2. The number of nitro benzene ring substituents is 1. The quantitative estimate of drug-likeness (QED) is 0.654. The lowest BCUT2D eigenvalue weighted by Crippen LogP contribution is -2.49.